The third-order valence-electron chi connectivity index (χ3n) is 3.94. The van der Waals surface area contributed by atoms with Gasteiger partial charge in [-0.05, 0) is 41.8 Å². The summed E-state index contributed by atoms with van der Waals surface area (Å²) in [5, 5.41) is 5.56. The SMILES string of the molecule is COC(=O)Cc1ccc(NC(=O)NCCc2ccc(OC)c(OC)c2)cc1. The van der Waals surface area contributed by atoms with Crippen LogP contribution in [-0.4, -0.2) is 39.9 Å². The van der Waals surface area contributed by atoms with E-state index in [2.05, 4.69) is 15.4 Å². The van der Waals surface area contributed by atoms with E-state index in [1.807, 2.05) is 18.2 Å². The van der Waals surface area contributed by atoms with Gasteiger partial charge in [0.1, 0.15) is 0 Å². The van der Waals surface area contributed by atoms with E-state index in [9.17, 15) is 9.59 Å². The molecule has 0 heterocycles. The predicted molar refractivity (Wildman–Crippen MR) is 102 cm³/mol. The van der Waals surface area contributed by atoms with Gasteiger partial charge in [-0.15, -0.1) is 0 Å². The molecule has 0 atom stereocenters. The first-order valence-corrected chi connectivity index (χ1v) is 8.47. The molecule has 0 aliphatic heterocycles. The van der Waals surface area contributed by atoms with Crippen LogP contribution in [0.25, 0.3) is 0 Å². The fourth-order valence-electron chi connectivity index (χ4n) is 2.48. The highest BCUT2D eigenvalue weighted by Gasteiger charge is 2.07. The Bertz CT molecular complexity index is 774. The lowest BCUT2D eigenvalue weighted by molar-refractivity contribution is -0.139. The summed E-state index contributed by atoms with van der Waals surface area (Å²) in [5.74, 6) is 1.03. The van der Waals surface area contributed by atoms with Crippen molar-refractivity contribution in [2.45, 2.75) is 12.8 Å². The molecule has 0 bridgehead atoms. The van der Waals surface area contributed by atoms with Crippen molar-refractivity contribution in [2.24, 2.45) is 0 Å². The number of anilines is 1. The Morgan fingerprint density at radius 2 is 1.56 bits per heavy atom. The number of nitrogens with one attached hydrogen (secondary N) is 2. The first-order valence-electron chi connectivity index (χ1n) is 8.47. The molecule has 0 saturated heterocycles. The zero-order valence-electron chi connectivity index (χ0n) is 15.7. The van der Waals surface area contributed by atoms with E-state index in [0.29, 0.717) is 30.2 Å². The highest BCUT2D eigenvalue weighted by molar-refractivity contribution is 5.89. The second-order valence-corrected chi connectivity index (χ2v) is 5.77. The van der Waals surface area contributed by atoms with Gasteiger partial charge >= 0.3 is 12.0 Å². The average Bonchev–Trinajstić information content (AvgIpc) is 2.69. The minimum atomic E-state index is -0.302. The minimum absolute atomic E-state index is 0.203. The van der Waals surface area contributed by atoms with E-state index in [-0.39, 0.29) is 18.4 Å². The number of esters is 1. The van der Waals surface area contributed by atoms with E-state index in [4.69, 9.17) is 9.47 Å². The maximum Gasteiger partial charge on any atom is 0.319 e. The highest BCUT2D eigenvalue weighted by Crippen LogP contribution is 2.27. The summed E-state index contributed by atoms with van der Waals surface area (Å²) >= 11 is 0. The Labute approximate surface area is 158 Å². The van der Waals surface area contributed by atoms with Crippen molar-refractivity contribution in [3.05, 3.63) is 53.6 Å². The summed E-state index contributed by atoms with van der Waals surface area (Å²) in [6.07, 6.45) is 0.861. The van der Waals surface area contributed by atoms with Crippen LogP contribution in [0.1, 0.15) is 11.1 Å². The summed E-state index contributed by atoms with van der Waals surface area (Å²) in [6.45, 7) is 0.474. The van der Waals surface area contributed by atoms with Gasteiger partial charge in [0.2, 0.25) is 0 Å². The molecule has 0 spiro atoms. The third kappa shape index (κ3) is 6.22. The van der Waals surface area contributed by atoms with Crippen molar-refractivity contribution >= 4 is 17.7 Å². The van der Waals surface area contributed by atoms with Crippen LogP contribution in [0, 0.1) is 0 Å². The maximum atomic E-state index is 12.0. The molecule has 0 aliphatic carbocycles. The van der Waals surface area contributed by atoms with Crippen molar-refractivity contribution in [3.63, 3.8) is 0 Å². The van der Waals surface area contributed by atoms with Gasteiger partial charge in [-0.25, -0.2) is 4.79 Å². The van der Waals surface area contributed by atoms with Gasteiger partial charge in [0.25, 0.3) is 0 Å². The molecule has 7 nitrogen and oxygen atoms in total. The van der Waals surface area contributed by atoms with Gasteiger partial charge in [-0.3, -0.25) is 4.79 Å². The number of amides is 2. The van der Waals surface area contributed by atoms with E-state index in [1.54, 1.807) is 38.5 Å². The van der Waals surface area contributed by atoms with Gasteiger partial charge in [-0.1, -0.05) is 18.2 Å². The van der Waals surface area contributed by atoms with Gasteiger partial charge in [0.05, 0.1) is 27.8 Å². The molecular formula is C20H24N2O5. The largest absolute Gasteiger partial charge is 0.493 e. The van der Waals surface area contributed by atoms with Crippen LogP contribution in [0.5, 0.6) is 11.5 Å². The number of ether oxygens (including phenoxy) is 3. The third-order valence-corrected chi connectivity index (χ3v) is 3.94. The molecule has 7 heteroatoms. The molecule has 0 unspecified atom stereocenters. The van der Waals surface area contributed by atoms with Crippen LogP contribution in [-0.2, 0) is 22.4 Å². The normalized spacial score (nSPS) is 10.0. The quantitative estimate of drug-likeness (QED) is 0.696. The Balaban J connectivity index is 1.80. The molecule has 27 heavy (non-hydrogen) atoms. The summed E-state index contributed by atoms with van der Waals surface area (Å²) in [6, 6.07) is 12.4. The molecule has 0 fully saturated rings. The van der Waals surface area contributed by atoms with Crippen LogP contribution in [0.3, 0.4) is 0 Å². The Morgan fingerprint density at radius 3 is 2.19 bits per heavy atom. The number of carbonyl (C=O) groups is 2. The van der Waals surface area contributed by atoms with Crippen molar-refractivity contribution < 1.29 is 23.8 Å². The predicted octanol–water partition coefficient (Wildman–Crippen LogP) is 2.78. The van der Waals surface area contributed by atoms with Gasteiger partial charge < -0.3 is 24.8 Å². The van der Waals surface area contributed by atoms with Crippen LogP contribution in [0.15, 0.2) is 42.5 Å². The first kappa shape index (κ1) is 20.1. The van der Waals surface area contributed by atoms with Crippen LogP contribution < -0.4 is 20.1 Å². The zero-order valence-corrected chi connectivity index (χ0v) is 15.7. The Morgan fingerprint density at radius 1 is 0.889 bits per heavy atom. The van der Waals surface area contributed by atoms with E-state index < -0.39 is 0 Å². The fourth-order valence-corrected chi connectivity index (χ4v) is 2.48. The standard InChI is InChI=1S/C20H24N2O5/c1-25-17-9-6-15(12-18(17)26-2)10-11-21-20(24)22-16-7-4-14(5-8-16)13-19(23)27-3/h4-9,12H,10-11,13H2,1-3H3,(H2,21,22,24). The number of benzene rings is 2. The van der Waals surface area contributed by atoms with E-state index in [1.165, 1.54) is 7.11 Å². The zero-order chi connectivity index (χ0) is 19.6. The van der Waals surface area contributed by atoms with Crippen LogP contribution in [0.4, 0.5) is 10.5 Å². The van der Waals surface area contributed by atoms with Crippen molar-refractivity contribution in [1.29, 1.82) is 0 Å². The van der Waals surface area contributed by atoms with Crippen molar-refractivity contribution in [2.75, 3.05) is 33.2 Å². The fraction of sp³-hybridized carbons (Fsp3) is 0.300. The van der Waals surface area contributed by atoms with Gasteiger partial charge in [0, 0.05) is 12.2 Å². The Hall–Kier alpha value is -3.22. The molecule has 0 aliphatic rings. The number of urea groups is 1. The summed E-state index contributed by atoms with van der Waals surface area (Å²) in [5.41, 5.74) is 2.49. The summed E-state index contributed by atoms with van der Waals surface area (Å²) in [7, 11) is 4.53. The summed E-state index contributed by atoms with van der Waals surface area (Å²) in [4.78, 5) is 23.2. The van der Waals surface area contributed by atoms with Gasteiger partial charge in [0.15, 0.2) is 11.5 Å². The molecule has 2 aromatic carbocycles. The van der Waals surface area contributed by atoms with Crippen LogP contribution in [0.2, 0.25) is 0 Å². The monoisotopic (exact) mass is 372 g/mol. The first-order chi connectivity index (χ1) is 13.0. The number of carbonyl (C=O) groups excluding carboxylic acids is 2. The molecule has 2 rings (SSSR count). The lowest BCUT2D eigenvalue weighted by Gasteiger charge is -2.11. The molecule has 2 amide bonds. The molecule has 2 N–H and O–H groups in total. The number of hydrogen-bond acceptors (Lipinski definition) is 5. The molecule has 0 aromatic heterocycles. The molecule has 144 valence electrons. The number of methoxy groups -OCH3 is 3. The van der Waals surface area contributed by atoms with Crippen molar-refractivity contribution in [1.82, 2.24) is 5.32 Å². The second-order valence-electron chi connectivity index (χ2n) is 5.77. The summed E-state index contributed by atoms with van der Waals surface area (Å²) < 4.78 is 15.1. The topological polar surface area (TPSA) is 85.9 Å². The lowest BCUT2D eigenvalue weighted by Crippen LogP contribution is -2.30. The number of rotatable bonds is 8. The molecular weight excluding hydrogens is 348 g/mol. The lowest BCUT2D eigenvalue weighted by atomic mass is 10.1. The maximum absolute atomic E-state index is 12.0. The van der Waals surface area contributed by atoms with Gasteiger partial charge in [-0.2, -0.15) is 0 Å². The molecule has 0 saturated carbocycles. The smallest absolute Gasteiger partial charge is 0.319 e. The minimum Gasteiger partial charge on any atom is -0.493 e. The average molecular weight is 372 g/mol. The van der Waals surface area contributed by atoms with E-state index in [0.717, 1.165) is 11.1 Å². The van der Waals surface area contributed by atoms with Crippen molar-refractivity contribution in [3.8, 4) is 11.5 Å². The van der Waals surface area contributed by atoms with E-state index >= 15 is 0 Å². The van der Waals surface area contributed by atoms with Crippen LogP contribution >= 0.6 is 0 Å². The number of hydrogen-bond donors (Lipinski definition) is 2. The molecule has 0 radical (unpaired) electrons. The Kier molecular flexibility index (Phi) is 7.49. The molecule has 2 aromatic rings. The second kappa shape index (κ2) is 10.1. The highest BCUT2D eigenvalue weighted by atomic mass is 16.5.